The van der Waals surface area contributed by atoms with Crippen molar-refractivity contribution in [3.05, 3.63) is 29.8 Å². The first-order valence-corrected chi connectivity index (χ1v) is 6.65. The first kappa shape index (κ1) is 13.0. The van der Waals surface area contributed by atoms with Crippen LogP contribution in [0.1, 0.15) is 29.8 Å². The zero-order valence-corrected chi connectivity index (χ0v) is 10.9. The number of aliphatic carboxylic acids is 1. The highest BCUT2D eigenvalue weighted by atomic mass is 19.1. The van der Waals surface area contributed by atoms with Crippen LogP contribution in [0.15, 0.2) is 18.3 Å². The van der Waals surface area contributed by atoms with E-state index >= 15 is 0 Å². The molecule has 0 aromatic carbocycles. The van der Waals surface area contributed by atoms with Crippen molar-refractivity contribution in [2.24, 2.45) is 11.3 Å². The number of nitrogens with zero attached hydrogens (tertiary/aromatic N) is 2. The van der Waals surface area contributed by atoms with Gasteiger partial charge in [0, 0.05) is 13.1 Å². The van der Waals surface area contributed by atoms with Gasteiger partial charge in [0.25, 0.3) is 5.91 Å². The van der Waals surface area contributed by atoms with E-state index in [9.17, 15) is 14.0 Å². The van der Waals surface area contributed by atoms with Crippen molar-refractivity contribution in [3.8, 4) is 0 Å². The van der Waals surface area contributed by atoms with Crippen molar-refractivity contribution < 1.29 is 19.1 Å². The minimum atomic E-state index is -0.732. The molecule has 5 nitrogen and oxygen atoms in total. The molecule has 0 radical (unpaired) electrons. The molecule has 2 heterocycles. The minimum Gasteiger partial charge on any atom is -0.481 e. The van der Waals surface area contributed by atoms with Crippen LogP contribution >= 0.6 is 0 Å². The van der Waals surface area contributed by atoms with E-state index < -0.39 is 11.8 Å². The topological polar surface area (TPSA) is 70.5 Å². The molecule has 1 atom stereocenters. The lowest BCUT2D eigenvalue weighted by Crippen LogP contribution is -2.40. The maximum Gasteiger partial charge on any atom is 0.307 e. The van der Waals surface area contributed by atoms with E-state index in [1.807, 2.05) is 0 Å². The van der Waals surface area contributed by atoms with E-state index in [2.05, 4.69) is 4.98 Å². The second kappa shape index (κ2) is 4.54. The number of rotatable bonds is 2. The number of hydrogen-bond donors (Lipinski definition) is 1. The molecule has 0 bridgehead atoms. The molecule has 20 heavy (non-hydrogen) atoms. The maximum absolute atomic E-state index is 12.8. The van der Waals surface area contributed by atoms with Crippen molar-refractivity contribution >= 4 is 11.9 Å². The SMILES string of the molecule is O=C(O)C1CC12CCN(C(=O)c1ccc(F)cn1)CC2. The molecule has 3 rings (SSSR count). The van der Waals surface area contributed by atoms with E-state index in [-0.39, 0.29) is 22.9 Å². The van der Waals surface area contributed by atoms with Crippen molar-refractivity contribution in [2.45, 2.75) is 19.3 Å². The first-order valence-electron chi connectivity index (χ1n) is 6.65. The summed E-state index contributed by atoms with van der Waals surface area (Å²) in [5.41, 5.74) is 0.131. The summed E-state index contributed by atoms with van der Waals surface area (Å²) in [6.45, 7) is 1.09. The molecule has 1 saturated carbocycles. The van der Waals surface area contributed by atoms with Crippen LogP contribution < -0.4 is 0 Å². The molecule has 1 spiro atoms. The van der Waals surface area contributed by atoms with Gasteiger partial charge in [-0.2, -0.15) is 0 Å². The Hall–Kier alpha value is -1.98. The quantitative estimate of drug-likeness (QED) is 0.891. The molecule has 1 amide bonds. The number of carbonyl (C=O) groups excluding carboxylic acids is 1. The van der Waals surface area contributed by atoms with Crippen molar-refractivity contribution in [1.82, 2.24) is 9.88 Å². The lowest BCUT2D eigenvalue weighted by molar-refractivity contribution is -0.139. The summed E-state index contributed by atoms with van der Waals surface area (Å²) in [6, 6.07) is 2.59. The van der Waals surface area contributed by atoms with Gasteiger partial charge in [0.15, 0.2) is 0 Å². The Morgan fingerprint density at radius 3 is 2.55 bits per heavy atom. The molecule has 6 heteroatoms. The summed E-state index contributed by atoms with van der Waals surface area (Å²) in [7, 11) is 0. The highest BCUT2D eigenvalue weighted by molar-refractivity contribution is 5.92. The van der Waals surface area contributed by atoms with Crippen LogP contribution in [0.5, 0.6) is 0 Å². The van der Waals surface area contributed by atoms with Gasteiger partial charge < -0.3 is 10.0 Å². The van der Waals surface area contributed by atoms with Gasteiger partial charge >= 0.3 is 5.97 Å². The Balaban J connectivity index is 1.63. The van der Waals surface area contributed by atoms with Crippen molar-refractivity contribution in [2.75, 3.05) is 13.1 Å². The third-order valence-corrected chi connectivity index (χ3v) is 4.48. The Kier molecular flexibility index (Phi) is 2.96. The molecule has 1 aromatic heterocycles. The smallest absolute Gasteiger partial charge is 0.307 e. The zero-order valence-electron chi connectivity index (χ0n) is 10.9. The number of amides is 1. The van der Waals surface area contributed by atoms with Gasteiger partial charge in [-0.25, -0.2) is 9.37 Å². The second-order valence-corrected chi connectivity index (χ2v) is 5.61. The third-order valence-electron chi connectivity index (χ3n) is 4.48. The number of pyridine rings is 1. The fourth-order valence-electron chi connectivity index (χ4n) is 3.07. The molecular formula is C14H15FN2O3. The molecule has 1 aliphatic heterocycles. The standard InChI is InChI=1S/C14H15FN2O3/c15-9-1-2-11(16-8-9)12(18)17-5-3-14(4-6-17)7-10(14)13(19)20/h1-2,8,10H,3-7H2,(H,19,20). The Bertz CT molecular complexity index is 550. The molecule has 106 valence electrons. The number of carboxylic acids is 1. The van der Waals surface area contributed by atoms with Crippen LogP contribution in [0.2, 0.25) is 0 Å². The van der Waals surface area contributed by atoms with E-state index in [0.29, 0.717) is 13.1 Å². The fraction of sp³-hybridized carbons (Fsp3) is 0.500. The van der Waals surface area contributed by atoms with Gasteiger partial charge in [-0.3, -0.25) is 9.59 Å². The summed E-state index contributed by atoms with van der Waals surface area (Å²) in [4.78, 5) is 28.6. The van der Waals surface area contributed by atoms with E-state index in [0.717, 1.165) is 25.5 Å². The van der Waals surface area contributed by atoms with Crippen molar-refractivity contribution in [3.63, 3.8) is 0 Å². The van der Waals surface area contributed by atoms with Crippen LogP contribution in [0.3, 0.4) is 0 Å². The zero-order chi connectivity index (χ0) is 14.3. The summed E-state index contributed by atoms with van der Waals surface area (Å²) in [5.74, 6) is -1.66. The number of hydrogen-bond acceptors (Lipinski definition) is 3. The summed E-state index contributed by atoms with van der Waals surface area (Å²) >= 11 is 0. The first-order chi connectivity index (χ1) is 9.52. The molecular weight excluding hydrogens is 263 g/mol. The summed E-state index contributed by atoms with van der Waals surface area (Å²) < 4.78 is 12.8. The number of carboxylic acid groups (broad SMARTS) is 1. The van der Waals surface area contributed by atoms with Crippen LogP contribution in [0.25, 0.3) is 0 Å². The monoisotopic (exact) mass is 278 g/mol. The largest absolute Gasteiger partial charge is 0.481 e. The van der Waals surface area contributed by atoms with Gasteiger partial charge in [0.2, 0.25) is 0 Å². The van der Waals surface area contributed by atoms with Crippen LogP contribution in [0, 0.1) is 17.2 Å². The highest BCUT2D eigenvalue weighted by Gasteiger charge is 2.59. The molecule has 2 fully saturated rings. The van der Waals surface area contributed by atoms with E-state index in [1.54, 1.807) is 4.90 Å². The van der Waals surface area contributed by atoms with Gasteiger partial charge in [-0.15, -0.1) is 0 Å². The number of piperidine rings is 1. The average Bonchev–Trinajstić information content (AvgIpc) is 3.14. The summed E-state index contributed by atoms with van der Waals surface area (Å²) in [5, 5.41) is 9.02. The number of aromatic nitrogens is 1. The molecule has 1 aliphatic carbocycles. The Labute approximate surface area is 115 Å². The molecule has 1 unspecified atom stereocenters. The highest BCUT2D eigenvalue weighted by Crippen LogP contribution is 2.59. The Morgan fingerprint density at radius 1 is 1.35 bits per heavy atom. The molecule has 2 aliphatic rings. The number of carbonyl (C=O) groups is 2. The lowest BCUT2D eigenvalue weighted by atomic mass is 9.90. The molecule has 1 saturated heterocycles. The van der Waals surface area contributed by atoms with Crippen LogP contribution in [-0.4, -0.2) is 40.0 Å². The van der Waals surface area contributed by atoms with Crippen LogP contribution in [-0.2, 0) is 4.79 Å². The fourth-order valence-corrected chi connectivity index (χ4v) is 3.07. The van der Waals surface area contributed by atoms with Gasteiger partial charge in [-0.1, -0.05) is 0 Å². The van der Waals surface area contributed by atoms with Gasteiger partial charge in [-0.05, 0) is 36.8 Å². The van der Waals surface area contributed by atoms with Crippen molar-refractivity contribution in [1.29, 1.82) is 0 Å². The van der Waals surface area contributed by atoms with Gasteiger partial charge in [0.05, 0.1) is 12.1 Å². The predicted octanol–water partition coefficient (Wildman–Crippen LogP) is 1.55. The van der Waals surface area contributed by atoms with Gasteiger partial charge in [0.1, 0.15) is 11.5 Å². The summed E-state index contributed by atoms with van der Waals surface area (Å²) in [6.07, 6.45) is 3.19. The maximum atomic E-state index is 12.8. The van der Waals surface area contributed by atoms with E-state index in [4.69, 9.17) is 5.11 Å². The van der Waals surface area contributed by atoms with E-state index in [1.165, 1.54) is 12.1 Å². The molecule has 1 aromatic rings. The number of halogens is 1. The third kappa shape index (κ3) is 2.15. The molecule has 1 N–H and O–H groups in total. The van der Waals surface area contributed by atoms with Crippen LogP contribution in [0.4, 0.5) is 4.39 Å². The normalized spacial score (nSPS) is 23.6. The second-order valence-electron chi connectivity index (χ2n) is 5.61. The lowest BCUT2D eigenvalue weighted by Gasteiger charge is -2.32. The minimum absolute atomic E-state index is 0.0984. The predicted molar refractivity (Wildman–Crippen MR) is 67.5 cm³/mol. The Morgan fingerprint density at radius 2 is 2.05 bits per heavy atom. The average molecular weight is 278 g/mol. The number of likely N-dealkylation sites (tertiary alicyclic amines) is 1.